The Morgan fingerprint density at radius 2 is 2.16 bits per heavy atom. The Kier molecular flexibility index (Phi) is 3.78. The number of nitrogens with zero attached hydrogens (tertiary/aromatic N) is 3. The van der Waals surface area contributed by atoms with E-state index in [4.69, 9.17) is 0 Å². The standard InChI is InChI=1S/C15H21N3O/c19-15(14-4-5-14)18-8-2-7-17(9-10-18)12-13-3-1-6-16-11-13/h1,3,6,11,14H,2,4-5,7-10,12H2. The number of pyridine rings is 1. The van der Waals surface area contributed by atoms with E-state index >= 15 is 0 Å². The molecule has 1 amide bonds. The highest BCUT2D eigenvalue weighted by atomic mass is 16.2. The van der Waals surface area contributed by atoms with E-state index in [1.54, 1.807) is 0 Å². The molecular weight excluding hydrogens is 238 g/mol. The molecule has 1 aromatic rings. The first-order valence-electron chi connectivity index (χ1n) is 7.23. The van der Waals surface area contributed by atoms with Crippen LogP contribution in [0.4, 0.5) is 0 Å². The van der Waals surface area contributed by atoms with Crippen LogP contribution in [-0.2, 0) is 11.3 Å². The molecule has 0 aromatic carbocycles. The maximum absolute atomic E-state index is 12.1. The minimum Gasteiger partial charge on any atom is -0.341 e. The summed E-state index contributed by atoms with van der Waals surface area (Å²) >= 11 is 0. The molecule has 19 heavy (non-hydrogen) atoms. The van der Waals surface area contributed by atoms with Gasteiger partial charge >= 0.3 is 0 Å². The molecule has 1 aliphatic carbocycles. The molecule has 102 valence electrons. The van der Waals surface area contributed by atoms with E-state index in [0.29, 0.717) is 11.8 Å². The first-order chi connectivity index (χ1) is 9.33. The highest BCUT2D eigenvalue weighted by Gasteiger charge is 2.33. The smallest absolute Gasteiger partial charge is 0.225 e. The molecule has 0 radical (unpaired) electrons. The van der Waals surface area contributed by atoms with Crippen LogP contribution in [0.25, 0.3) is 0 Å². The molecule has 0 atom stereocenters. The minimum absolute atomic E-state index is 0.352. The van der Waals surface area contributed by atoms with Gasteiger partial charge in [0.15, 0.2) is 0 Å². The summed E-state index contributed by atoms with van der Waals surface area (Å²) in [6.07, 6.45) is 7.03. The van der Waals surface area contributed by atoms with E-state index in [1.165, 1.54) is 5.56 Å². The van der Waals surface area contributed by atoms with Gasteiger partial charge in [-0.05, 0) is 30.9 Å². The summed E-state index contributed by atoms with van der Waals surface area (Å²) in [6.45, 7) is 4.81. The zero-order valence-electron chi connectivity index (χ0n) is 11.3. The summed E-state index contributed by atoms with van der Waals surface area (Å²) in [5.74, 6) is 0.744. The van der Waals surface area contributed by atoms with Gasteiger partial charge in [0.1, 0.15) is 0 Å². The number of aromatic nitrogens is 1. The Labute approximate surface area is 114 Å². The minimum atomic E-state index is 0.352. The van der Waals surface area contributed by atoms with Gasteiger partial charge < -0.3 is 4.90 Å². The number of rotatable bonds is 3. The number of carbonyl (C=O) groups is 1. The summed E-state index contributed by atoms with van der Waals surface area (Å²) in [5.41, 5.74) is 1.25. The second-order valence-corrected chi connectivity index (χ2v) is 5.59. The zero-order chi connectivity index (χ0) is 13.1. The number of hydrogen-bond acceptors (Lipinski definition) is 3. The molecule has 1 saturated heterocycles. The zero-order valence-corrected chi connectivity index (χ0v) is 11.3. The fourth-order valence-corrected chi connectivity index (χ4v) is 2.69. The van der Waals surface area contributed by atoms with Crippen molar-refractivity contribution in [3.8, 4) is 0 Å². The number of hydrogen-bond donors (Lipinski definition) is 0. The van der Waals surface area contributed by atoms with Gasteiger partial charge in [0, 0.05) is 51.0 Å². The fraction of sp³-hybridized carbons (Fsp3) is 0.600. The van der Waals surface area contributed by atoms with Crippen molar-refractivity contribution >= 4 is 5.91 Å². The SMILES string of the molecule is O=C(C1CC1)N1CCCN(Cc2cccnc2)CC1. The molecule has 0 unspecified atom stereocenters. The van der Waals surface area contributed by atoms with Gasteiger partial charge in [-0.3, -0.25) is 14.7 Å². The van der Waals surface area contributed by atoms with Crippen molar-refractivity contribution in [1.82, 2.24) is 14.8 Å². The Bertz CT molecular complexity index is 430. The summed E-state index contributed by atoms with van der Waals surface area (Å²) < 4.78 is 0. The molecule has 4 heteroatoms. The molecule has 0 N–H and O–H groups in total. The van der Waals surface area contributed by atoms with Gasteiger partial charge in [0.25, 0.3) is 0 Å². The average Bonchev–Trinajstić information content (AvgIpc) is 3.27. The lowest BCUT2D eigenvalue weighted by atomic mass is 10.2. The third-order valence-corrected chi connectivity index (χ3v) is 3.96. The summed E-state index contributed by atoms with van der Waals surface area (Å²) in [5, 5.41) is 0. The number of carbonyl (C=O) groups excluding carboxylic acids is 1. The molecule has 2 fully saturated rings. The quantitative estimate of drug-likeness (QED) is 0.826. The van der Waals surface area contributed by atoms with E-state index < -0.39 is 0 Å². The van der Waals surface area contributed by atoms with E-state index in [-0.39, 0.29) is 0 Å². The van der Waals surface area contributed by atoms with Crippen LogP contribution in [0, 0.1) is 5.92 Å². The Balaban J connectivity index is 1.54. The summed E-state index contributed by atoms with van der Waals surface area (Å²) in [7, 11) is 0. The second kappa shape index (κ2) is 5.70. The molecule has 0 bridgehead atoms. The summed E-state index contributed by atoms with van der Waals surface area (Å²) in [6, 6.07) is 4.10. The lowest BCUT2D eigenvalue weighted by Crippen LogP contribution is -2.36. The van der Waals surface area contributed by atoms with Gasteiger partial charge in [-0.1, -0.05) is 6.07 Å². The van der Waals surface area contributed by atoms with Crippen molar-refractivity contribution < 1.29 is 4.79 Å². The van der Waals surface area contributed by atoms with Crippen LogP contribution < -0.4 is 0 Å². The van der Waals surface area contributed by atoms with Crippen molar-refractivity contribution in [1.29, 1.82) is 0 Å². The van der Waals surface area contributed by atoms with Crippen LogP contribution in [0.5, 0.6) is 0 Å². The third kappa shape index (κ3) is 3.32. The maximum atomic E-state index is 12.1. The largest absolute Gasteiger partial charge is 0.341 e. The van der Waals surface area contributed by atoms with E-state index in [0.717, 1.165) is 52.0 Å². The van der Waals surface area contributed by atoms with Crippen molar-refractivity contribution in [2.75, 3.05) is 26.2 Å². The molecule has 4 nitrogen and oxygen atoms in total. The third-order valence-electron chi connectivity index (χ3n) is 3.96. The summed E-state index contributed by atoms with van der Waals surface area (Å²) in [4.78, 5) is 20.7. The molecule has 3 rings (SSSR count). The fourth-order valence-electron chi connectivity index (χ4n) is 2.69. The van der Waals surface area contributed by atoms with Gasteiger partial charge in [-0.25, -0.2) is 0 Å². The van der Waals surface area contributed by atoms with E-state index in [9.17, 15) is 4.79 Å². The van der Waals surface area contributed by atoms with Gasteiger partial charge in [0.2, 0.25) is 5.91 Å². The van der Waals surface area contributed by atoms with Gasteiger partial charge in [0.05, 0.1) is 0 Å². The second-order valence-electron chi connectivity index (χ2n) is 5.59. The molecule has 2 aliphatic rings. The predicted octanol–water partition coefficient (Wildman–Crippen LogP) is 1.53. The Morgan fingerprint density at radius 1 is 1.26 bits per heavy atom. The topological polar surface area (TPSA) is 36.4 Å². The van der Waals surface area contributed by atoms with Crippen LogP contribution in [0.1, 0.15) is 24.8 Å². The highest BCUT2D eigenvalue weighted by Crippen LogP contribution is 2.31. The molecule has 2 heterocycles. The normalized spacial score (nSPS) is 21.2. The van der Waals surface area contributed by atoms with Crippen LogP contribution in [0.2, 0.25) is 0 Å². The highest BCUT2D eigenvalue weighted by molar-refractivity contribution is 5.81. The molecule has 1 aromatic heterocycles. The predicted molar refractivity (Wildman–Crippen MR) is 73.4 cm³/mol. The monoisotopic (exact) mass is 259 g/mol. The van der Waals surface area contributed by atoms with E-state index in [1.807, 2.05) is 18.5 Å². The molecular formula is C15H21N3O. The van der Waals surface area contributed by atoms with Crippen molar-refractivity contribution in [2.45, 2.75) is 25.8 Å². The molecule has 1 saturated carbocycles. The van der Waals surface area contributed by atoms with Crippen LogP contribution in [-0.4, -0.2) is 46.9 Å². The first kappa shape index (κ1) is 12.6. The molecule has 0 spiro atoms. The molecule has 1 aliphatic heterocycles. The van der Waals surface area contributed by atoms with Gasteiger partial charge in [-0.15, -0.1) is 0 Å². The van der Waals surface area contributed by atoms with Crippen molar-refractivity contribution in [2.24, 2.45) is 5.92 Å². The lowest BCUT2D eigenvalue weighted by molar-refractivity contribution is -0.132. The van der Waals surface area contributed by atoms with Crippen molar-refractivity contribution in [3.63, 3.8) is 0 Å². The van der Waals surface area contributed by atoms with Gasteiger partial charge in [-0.2, -0.15) is 0 Å². The van der Waals surface area contributed by atoms with Crippen molar-refractivity contribution in [3.05, 3.63) is 30.1 Å². The first-order valence-corrected chi connectivity index (χ1v) is 7.23. The number of amides is 1. The average molecular weight is 259 g/mol. The lowest BCUT2D eigenvalue weighted by Gasteiger charge is -2.22. The Hall–Kier alpha value is -1.42. The van der Waals surface area contributed by atoms with Crippen LogP contribution in [0.3, 0.4) is 0 Å². The Morgan fingerprint density at radius 3 is 2.89 bits per heavy atom. The maximum Gasteiger partial charge on any atom is 0.225 e. The van der Waals surface area contributed by atoms with E-state index in [2.05, 4.69) is 20.9 Å². The van der Waals surface area contributed by atoms with Crippen LogP contribution in [0.15, 0.2) is 24.5 Å². The van der Waals surface area contributed by atoms with Crippen LogP contribution >= 0.6 is 0 Å².